The van der Waals surface area contributed by atoms with Crippen molar-refractivity contribution in [1.29, 1.82) is 0 Å². The first-order chi connectivity index (χ1) is 22.9. The lowest BCUT2D eigenvalue weighted by Gasteiger charge is -2.45. The molecule has 0 saturated carbocycles. The van der Waals surface area contributed by atoms with Gasteiger partial charge < -0.3 is 19.1 Å². The van der Waals surface area contributed by atoms with E-state index in [0.29, 0.717) is 51.8 Å². The summed E-state index contributed by atoms with van der Waals surface area (Å²) < 4.78 is 60.2. The largest absolute Gasteiger partial charge is 0.416 e. The molecular formula is C38H42F3N3O3. The fraction of sp³-hybridized carbons (Fsp3) is 0.395. The number of likely N-dealkylation sites (tertiary alicyclic amines) is 1. The zero-order valence-electron chi connectivity index (χ0n) is 26.5. The van der Waals surface area contributed by atoms with E-state index in [1.54, 1.807) is 0 Å². The second-order valence-corrected chi connectivity index (χ2v) is 12.5. The quantitative estimate of drug-likeness (QED) is 0.160. The molecule has 1 aromatic heterocycles. The van der Waals surface area contributed by atoms with Gasteiger partial charge in [0.15, 0.2) is 0 Å². The average molecular weight is 646 g/mol. The Kier molecular flexibility index (Phi) is 11.2. The second-order valence-electron chi connectivity index (χ2n) is 12.5. The molecular weight excluding hydrogens is 603 g/mol. The summed E-state index contributed by atoms with van der Waals surface area (Å²) in [7, 11) is 0. The van der Waals surface area contributed by atoms with Crippen LogP contribution in [0.2, 0.25) is 0 Å². The number of pyridine rings is 1. The van der Waals surface area contributed by atoms with Crippen LogP contribution < -0.4 is 4.90 Å². The van der Waals surface area contributed by atoms with E-state index < -0.39 is 11.7 Å². The van der Waals surface area contributed by atoms with Gasteiger partial charge in [0.2, 0.25) is 0 Å². The third-order valence-corrected chi connectivity index (χ3v) is 8.94. The molecule has 6 nitrogen and oxygen atoms in total. The topological polar surface area (TPSA) is 47.1 Å². The average Bonchev–Trinajstić information content (AvgIpc) is 3.10. The van der Waals surface area contributed by atoms with Crippen LogP contribution in [-0.4, -0.2) is 60.9 Å². The number of rotatable bonds is 12. The molecule has 2 aliphatic heterocycles. The molecule has 248 valence electrons. The van der Waals surface area contributed by atoms with E-state index in [1.165, 1.54) is 12.3 Å². The molecule has 0 amide bonds. The van der Waals surface area contributed by atoms with E-state index in [4.69, 9.17) is 14.2 Å². The predicted molar refractivity (Wildman–Crippen MR) is 176 cm³/mol. The van der Waals surface area contributed by atoms with Crippen LogP contribution in [0.25, 0.3) is 0 Å². The Balaban J connectivity index is 1.19. The maximum absolute atomic E-state index is 13.4. The molecule has 9 heteroatoms. The van der Waals surface area contributed by atoms with Crippen molar-refractivity contribution in [3.8, 4) is 0 Å². The van der Waals surface area contributed by atoms with Crippen molar-refractivity contribution in [2.75, 3.05) is 37.6 Å². The highest BCUT2D eigenvalue weighted by Crippen LogP contribution is 2.32. The molecule has 3 atom stereocenters. The molecule has 47 heavy (non-hydrogen) atoms. The third-order valence-electron chi connectivity index (χ3n) is 8.94. The number of alkyl halides is 3. The smallest absolute Gasteiger partial charge is 0.369 e. The first-order valence-corrected chi connectivity index (χ1v) is 16.4. The lowest BCUT2D eigenvalue weighted by molar-refractivity contribution is -0.185. The Labute approximate surface area is 275 Å². The summed E-state index contributed by atoms with van der Waals surface area (Å²) in [4.78, 5) is 8.68. The van der Waals surface area contributed by atoms with Gasteiger partial charge in [-0.2, -0.15) is 13.2 Å². The maximum Gasteiger partial charge on any atom is 0.416 e. The van der Waals surface area contributed by atoms with E-state index in [-0.39, 0.29) is 24.2 Å². The maximum atomic E-state index is 13.4. The number of anilines is 1. The lowest BCUT2D eigenvalue weighted by Crippen LogP contribution is -2.59. The van der Waals surface area contributed by atoms with Crippen LogP contribution in [0, 0.1) is 5.92 Å². The molecule has 2 saturated heterocycles. The highest BCUT2D eigenvalue weighted by molar-refractivity contribution is 5.42. The number of piperidine rings is 2. The number of aromatic nitrogens is 1. The second kappa shape index (κ2) is 15.9. The summed E-state index contributed by atoms with van der Waals surface area (Å²) in [5.74, 6) is 0.636. The number of halogens is 3. The Hall–Kier alpha value is -3.76. The van der Waals surface area contributed by atoms with Crippen LogP contribution in [0.15, 0.2) is 109 Å². The van der Waals surface area contributed by atoms with Gasteiger partial charge in [-0.05, 0) is 47.6 Å². The Morgan fingerprint density at radius 3 is 1.74 bits per heavy atom. The van der Waals surface area contributed by atoms with Crippen molar-refractivity contribution in [2.24, 2.45) is 5.92 Å². The molecule has 4 aromatic rings. The third kappa shape index (κ3) is 9.41. The summed E-state index contributed by atoms with van der Waals surface area (Å²) >= 11 is 0. The van der Waals surface area contributed by atoms with Gasteiger partial charge in [-0.1, -0.05) is 91.0 Å². The number of hydrogen-bond acceptors (Lipinski definition) is 6. The van der Waals surface area contributed by atoms with E-state index >= 15 is 0 Å². The fourth-order valence-corrected chi connectivity index (χ4v) is 6.57. The van der Waals surface area contributed by atoms with E-state index in [0.717, 1.165) is 42.1 Å². The Morgan fingerprint density at radius 2 is 1.21 bits per heavy atom. The van der Waals surface area contributed by atoms with E-state index in [2.05, 4.69) is 46.3 Å². The van der Waals surface area contributed by atoms with Crippen LogP contribution in [0.5, 0.6) is 0 Å². The Morgan fingerprint density at radius 1 is 0.681 bits per heavy atom. The van der Waals surface area contributed by atoms with Crippen molar-refractivity contribution in [2.45, 2.75) is 57.2 Å². The van der Waals surface area contributed by atoms with Gasteiger partial charge in [-0.15, -0.1) is 0 Å². The van der Waals surface area contributed by atoms with Crippen LogP contribution in [0.3, 0.4) is 0 Å². The molecule has 0 unspecified atom stereocenters. The standard InChI is InChI=1S/C38H42F3N3O3/c39-38(40,41)33-18-19-42-36(21-33)44-20-10-17-32(23-44)22-43-24-34(45-26-29-11-4-1-5-12-29)37(47-28-31-15-8-3-9-16-31)35(25-43)46-27-30-13-6-2-7-14-30/h1-9,11-16,18-19,21,32,34-35,37H,10,17,20,22-28H2/t32-,34-,35-/m0/s1. The monoisotopic (exact) mass is 645 g/mol. The van der Waals surface area contributed by atoms with Gasteiger partial charge in [0, 0.05) is 38.9 Å². The highest BCUT2D eigenvalue weighted by atomic mass is 19.4. The summed E-state index contributed by atoms with van der Waals surface area (Å²) in [5, 5.41) is 0. The SMILES string of the molecule is FC(F)(F)c1ccnc(N2CCC[C@@H](CN3C[C@H](OCc4ccccc4)C(OCc4ccccc4)[C@@H](OCc4ccccc4)C3)C2)c1. The van der Waals surface area contributed by atoms with E-state index in [9.17, 15) is 13.2 Å². The Bertz CT molecular complexity index is 1460. The van der Waals surface area contributed by atoms with Gasteiger partial charge in [-0.25, -0.2) is 4.98 Å². The molecule has 2 aliphatic rings. The van der Waals surface area contributed by atoms with Crippen LogP contribution >= 0.6 is 0 Å². The minimum Gasteiger partial charge on any atom is -0.369 e. The van der Waals surface area contributed by atoms with Crippen LogP contribution in [0.1, 0.15) is 35.1 Å². The van der Waals surface area contributed by atoms with Crippen LogP contribution in [0.4, 0.5) is 19.0 Å². The lowest BCUT2D eigenvalue weighted by atomic mass is 9.94. The van der Waals surface area contributed by atoms with E-state index in [1.807, 2.05) is 59.5 Å². The summed E-state index contributed by atoms with van der Waals surface area (Å²) in [6.07, 6.45) is -2.06. The molecule has 0 aliphatic carbocycles. The molecule has 0 bridgehead atoms. The van der Waals surface area contributed by atoms with Gasteiger partial charge in [0.05, 0.1) is 37.6 Å². The van der Waals surface area contributed by atoms with Crippen LogP contribution in [-0.2, 0) is 40.2 Å². The minimum absolute atomic E-state index is 0.252. The minimum atomic E-state index is -4.40. The summed E-state index contributed by atoms with van der Waals surface area (Å²) in [6.45, 7) is 4.78. The van der Waals surface area contributed by atoms with Gasteiger partial charge in [0.25, 0.3) is 0 Å². The van der Waals surface area contributed by atoms with Gasteiger partial charge in [-0.3, -0.25) is 4.90 Å². The van der Waals surface area contributed by atoms with Crippen molar-refractivity contribution in [3.05, 3.63) is 132 Å². The van der Waals surface area contributed by atoms with Crippen molar-refractivity contribution < 1.29 is 27.4 Å². The molecule has 0 N–H and O–H groups in total. The highest BCUT2D eigenvalue weighted by Gasteiger charge is 2.40. The van der Waals surface area contributed by atoms with Gasteiger partial charge in [0.1, 0.15) is 11.9 Å². The predicted octanol–water partition coefficient (Wildman–Crippen LogP) is 7.39. The number of benzene rings is 3. The van der Waals surface area contributed by atoms with Crippen molar-refractivity contribution in [3.63, 3.8) is 0 Å². The zero-order valence-corrected chi connectivity index (χ0v) is 26.5. The molecule has 3 heterocycles. The van der Waals surface area contributed by atoms with Crippen molar-refractivity contribution in [1.82, 2.24) is 9.88 Å². The molecule has 2 fully saturated rings. The number of hydrogen-bond donors (Lipinski definition) is 0. The van der Waals surface area contributed by atoms with Crippen molar-refractivity contribution >= 4 is 5.82 Å². The molecule has 3 aromatic carbocycles. The molecule has 6 rings (SSSR count). The number of nitrogens with zero attached hydrogens (tertiary/aromatic N) is 3. The number of ether oxygens (including phenoxy) is 3. The first kappa shape index (κ1) is 33.2. The zero-order chi connectivity index (χ0) is 32.5. The summed E-state index contributed by atoms with van der Waals surface area (Å²) in [6, 6.07) is 32.6. The summed E-state index contributed by atoms with van der Waals surface area (Å²) in [5.41, 5.74) is 2.59. The molecule has 0 spiro atoms. The van der Waals surface area contributed by atoms with Gasteiger partial charge >= 0.3 is 6.18 Å². The fourth-order valence-electron chi connectivity index (χ4n) is 6.57. The molecule has 0 radical (unpaired) electrons. The first-order valence-electron chi connectivity index (χ1n) is 16.4. The normalized spacial score (nSPS) is 21.2.